The normalized spacial score (nSPS) is 23.1. The number of aliphatic hydroxyl groups is 1. The molecule has 2 atom stereocenters. The van der Waals surface area contributed by atoms with E-state index in [4.69, 9.17) is 5.11 Å². The van der Waals surface area contributed by atoms with Crippen LogP contribution < -0.4 is 4.90 Å². The number of hydrogen-bond acceptors (Lipinski definition) is 5. The summed E-state index contributed by atoms with van der Waals surface area (Å²) in [6.07, 6.45) is 6.59. The lowest BCUT2D eigenvalue weighted by Gasteiger charge is -2.31. The Balaban J connectivity index is 1.98. The summed E-state index contributed by atoms with van der Waals surface area (Å²) in [6, 6.07) is 0. The molecule has 1 heterocycles. The van der Waals surface area contributed by atoms with E-state index in [1.807, 2.05) is 11.9 Å². The summed E-state index contributed by atoms with van der Waals surface area (Å²) in [4.78, 5) is 20.5. The standard InChI is InChI=1S/C13H19N3O3/c1-16(8-9-4-2-3-5-11(9)17)12-7-14-10(6-15-12)13(18)19/h6-7,9,11,17H,2-5,8H2,1H3,(H,18,19). The van der Waals surface area contributed by atoms with Crippen LogP contribution in [0.4, 0.5) is 5.82 Å². The van der Waals surface area contributed by atoms with Crippen LogP contribution in [0.15, 0.2) is 12.4 Å². The number of aromatic carboxylic acids is 1. The zero-order chi connectivity index (χ0) is 13.8. The molecule has 104 valence electrons. The van der Waals surface area contributed by atoms with Gasteiger partial charge in [0.2, 0.25) is 0 Å². The number of anilines is 1. The minimum atomic E-state index is -1.08. The number of carbonyl (C=O) groups is 1. The Morgan fingerprint density at radius 2 is 2.11 bits per heavy atom. The van der Waals surface area contributed by atoms with Crippen molar-refractivity contribution in [2.24, 2.45) is 5.92 Å². The van der Waals surface area contributed by atoms with Crippen molar-refractivity contribution >= 4 is 11.8 Å². The molecular formula is C13H19N3O3. The van der Waals surface area contributed by atoms with Crippen LogP contribution in [-0.4, -0.2) is 45.8 Å². The smallest absolute Gasteiger partial charge is 0.356 e. The number of aliphatic hydroxyl groups excluding tert-OH is 1. The summed E-state index contributed by atoms with van der Waals surface area (Å²) in [5.74, 6) is -0.202. The van der Waals surface area contributed by atoms with Crippen molar-refractivity contribution < 1.29 is 15.0 Å². The van der Waals surface area contributed by atoms with Gasteiger partial charge in [-0.15, -0.1) is 0 Å². The molecule has 1 saturated carbocycles. The number of carboxylic acids is 1. The predicted molar refractivity (Wildman–Crippen MR) is 70.2 cm³/mol. The summed E-state index contributed by atoms with van der Waals surface area (Å²) in [5, 5.41) is 18.7. The van der Waals surface area contributed by atoms with Crippen molar-refractivity contribution in [3.05, 3.63) is 18.1 Å². The van der Waals surface area contributed by atoms with Crippen molar-refractivity contribution in [2.75, 3.05) is 18.5 Å². The average molecular weight is 265 g/mol. The lowest BCUT2D eigenvalue weighted by Crippen LogP contribution is -2.35. The maximum atomic E-state index is 10.7. The van der Waals surface area contributed by atoms with Crippen molar-refractivity contribution in [1.29, 1.82) is 0 Å². The van der Waals surface area contributed by atoms with Gasteiger partial charge in [-0.25, -0.2) is 14.8 Å². The largest absolute Gasteiger partial charge is 0.476 e. The molecule has 1 aromatic rings. The van der Waals surface area contributed by atoms with E-state index < -0.39 is 5.97 Å². The molecule has 6 nitrogen and oxygen atoms in total. The molecule has 1 aliphatic carbocycles. The van der Waals surface area contributed by atoms with Crippen LogP contribution in [0.25, 0.3) is 0 Å². The van der Waals surface area contributed by atoms with Gasteiger partial charge in [0.1, 0.15) is 5.82 Å². The first-order valence-corrected chi connectivity index (χ1v) is 6.52. The molecule has 6 heteroatoms. The van der Waals surface area contributed by atoms with Crippen LogP contribution in [0.1, 0.15) is 36.2 Å². The Hall–Kier alpha value is -1.69. The Labute approximate surface area is 112 Å². The molecule has 1 fully saturated rings. The van der Waals surface area contributed by atoms with Gasteiger partial charge >= 0.3 is 5.97 Å². The average Bonchev–Trinajstić information content (AvgIpc) is 2.41. The molecule has 0 saturated heterocycles. The highest BCUT2D eigenvalue weighted by molar-refractivity contribution is 5.84. The summed E-state index contributed by atoms with van der Waals surface area (Å²) in [7, 11) is 1.88. The van der Waals surface area contributed by atoms with Gasteiger partial charge in [0.15, 0.2) is 5.69 Å². The van der Waals surface area contributed by atoms with Gasteiger partial charge in [-0.2, -0.15) is 0 Å². The van der Waals surface area contributed by atoms with E-state index in [0.29, 0.717) is 12.4 Å². The van der Waals surface area contributed by atoms with E-state index in [1.54, 1.807) is 0 Å². The third kappa shape index (κ3) is 3.41. The maximum Gasteiger partial charge on any atom is 0.356 e. The summed E-state index contributed by atoms with van der Waals surface area (Å²) in [6.45, 7) is 0.711. The fourth-order valence-corrected chi connectivity index (χ4v) is 2.48. The zero-order valence-corrected chi connectivity index (χ0v) is 11.0. The molecule has 1 aromatic heterocycles. The van der Waals surface area contributed by atoms with E-state index in [9.17, 15) is 9.90 Å². The van der Waals surface area contributed by atoms with Crippen LogP contribution in [0.3, 0.4) is 0 Å². The molecule has 0 radical (unpaired) electrons. The second-order valence-electron chi connectivity index (χ2n) is 5.06. The minimum absolute atomic E-state index is 0.0603. The lowest BCUT2D eigenvalue weighted by molar-refractivity contribution is 0.0690. The van der Waals surface area contributed by atoms with E-state index in [1.165, 1.54) is 12.4 Å². The van der Waals surface area contributed by atoms with Gasteiger partial charge in [-0.05, 0) is 12.8 Å². The number of rotatable bonds is 4. The summed E-state index contributed by atoms with van der Waals surface area (Å²) in [5.41, 5.74) is -0.0603. The lowest BCUT2D eigenvalue weighted by atomic mass is 9.86. The SMILES string of the molecule is CN(CC1CCCCC1O)c1cnc(C(=O)O)cn1. The Morgan fingerprint density at radius 3 is 2.68 bits per heavy atom. The van der Waals surface area contributed by atoms with Crippen molar-refractivity contribution in [3.8, 4) is 0 Å². The monoisotopic (exact) mass is 265 g/mol. The first-order valence-electron chi connectivity index (χ1n) is 6.52. The van der Waals surface area contributed by atoms with Gasteiger partial charge in [0, 0.05) is 19.5 Å². The van der Waals surface area contributed by atoms with Crippen LogP contribution >= 0.6 is 0 Å². The molecule has 19 heavy (non-hydrogen) atoms. The number of hydrogen-bond donors (Lipinski definition) is 2. The maximum absolute atomic E-state index is 10.7. The van der Waals surface area contributed by atoms with E-state index in [0.717, 1.165) is 25.7 Å². The number of aromatic nitrogens is 2. The fourth-order valence-electron chi connectivity index (χ4n) is 2.48. The molecule has 0 spiro atoms. The highest BCUT2D eigenvalue weighted by Crippen LogP contribution is 2.25. The van der Waals surface area contributed by atoms with Gasteiger partial charge in [0.25, 0.3) is 0 Å². The molecule has 0 aliphatic heterocycles. The molecule has 0 amide bonds. The second-order valence-corrected chi connectivity index (χ2v) is 5.06. The summed E-state index contributed by atoms with van der Waals surface area (Å²) >= 11 is 0. The van der Waals surface area contributed by atoms with Gasteiger partial charge in [0.05, 0.1) is 18.5 Å². The van der Waals surface area contributed by atoms with Crippen molar-refractivity contribution in [3.63, 3.8) is 0 Å². The van der Waals surface area contributed by atoms with Crippen LogP contribution in [-0.2, 0) is 0 Å². The van der Waals surface area contributed by atoms with Crippen molar-refractivity contribution in [1.82, 2.24) is 9.97 Å². The third-order valence-corrected chi connectivity index (χ3v) is 3.63. The summed E-state index contributed by atoms with van der Waals surface area (Å²) < 4.78 is 0. The van der Waals surface area contributed by atoms with E-state index >= 15 is 0 Å². The Morgan fingerprint density at radius 1 is 1.37 bits per heavy atom. The number of carboxylic acid groups (broad SMARTS) is 1. The van der Waals surface area contributed by atoms with Crippen LogP contribution in [0, 0.1) is 5.92 Å². The third-order valence-electron chi connectivity index (χ3n) is 3.63. The van der Waals surface area contributed by atoms with Gasteiger partial charge in [-0.3, -0.25) is 0 Å². The van der Waals surface area contributed by atoms with Crippen molar-refractivity contribution in [2.45, 2.75) is 31.8 Å². The highest BCUT2D eigenvalue weighted by atomic mass is 16.4. The molecule has 0 aromatic carbocycles. The number of nitrogens with zero attached hydrogens (tertiary/aromatic N) is 3. The molecule has 2 unspecified atom stereocenters. The molecule has 1 aliphatic rings. The second kappa shape index (κ2) is 5.97. The minimum Gasteiger partial charge on any atom is -0.476 e. The van der Waals surface area contributed by atoms with Gasteiger partial charge < -0.3 is 15.1 Å². The Kier molecular flexibility index (Phi) is 4.31. The van der Waals surface area contributed by atoms with Crippen LogP contribution in [0.5, 0.6) is 0 Å². The van der Waals surface area contributed by atoms with E-state index in [2.05, 4.69) is 9.97 Å². The molecular weight excluding hydrogens is 246 g/mol. The first-order chi connectivity index (χ1) is 9.08. The molecule has 2 rings (SSSR count). The van der Waals surface area contributed by atoms with Crippen LogP contribution in [0.2, 0.25) is 0 Å². The predicted octanol–water partition coefficient (Wildman–Crippen LogP) is 1.16. The fraction of sp³-hybridized carbons (Fsp3) is 0.615. The first kappa shape index (κ1) is 13.7. The molecule has 2 N–H and O–H groups in total. The zero-order valence-electron chi connectivity index (χ0n) is 11.0. The van der Waals surface area contributed by atoms with E-state index in [-0.39, 0.29) is 17.7 Å². The quantitative estimate of drug-likeness (QED) is 0.849. The van der Waals surface area contributed by atoms with Gasteiger partial charge in [-0.1, -0.05) is 12.8 Å². The Bertz CT molecular complexity index is 435. The topological polar surface area (TPSA) is 86.5 Å². The molecule has 0 bridgehead atoms. The highest BCUT2D eigenvalue weighted by Gasteiger charge is 2.24.